The number of carbonyl (C=O) groups is 1. The topological polar surface area (TPSA) is 35.5 Å². The van der Waals surface area contributed by atoms with E-state index in [2.05, 4.69) is 58.1 Å². The van der Waals surface area contributed by atoms with E-state index in [-0.39, 0.29) is 6.10 Å². The number of benzene rings is 1. The molecular formula is C17H26O3Si. The van der Waals surface area contributed by atoms with Crippen LogP contribution in [0.1, 0.15) is 46.3 Å². The quantitative estimate of drug-likeness (QED) is 0.600. The van der Waals surface area contributed by atoms with Crippen molar-refractivity contribution in [1.29, 1.82) is 0 Å². The fourth-order valence-corrected chi connectivity index (χ4v) is 4.37. The van der Waals surface area contributed by atoms with Gasteiger partial charge in [0.05, 0.1) is 8.07 Å². The molecule has 0 aromatic heterocycles. The van der Waals surface area contributed by atoms with Gasteiger partial charge in [0.1, 0.15) is 0 Å². The van der Waals surface area contributed by atoms with Crippen molar-refractivity contribution in [2.24, 2.45) is 0 Å². The fraction of sp³-hybridized carbons (Fsp3) is 0.588. The van der Waals surface area contributed by atoms with Crippen molar-refractivity contribution in [3.8, 4) is 0 Å². The second-order valence-electron chi connectivity index (χ2n) is 7.95. The van der Waals surface area contributed by atoms with Crippen molar-refractivity contribution >= 4 is 19.4 Å². The molecule has 0 N–H and O–H groups in total. The van der Waals surface area contributed by atoms with Crippen LogP contribution in [0, 0.1) is 0 Å². The van der Waals surface area contributed by atoms with Crippen LogP contribution in [0.5, 0.6) is 0 Å². The monoisotopic (exact) mass is 306 g/mol. The highest BCUT2D eigenvalue weighted by Crippen LogP contribution is 2.39. The molecule has 0 saturated carbocycles. The molecule has 2 rings (SSSR count). The summed E-state index contributed by atoms with van der Waals surface area (Å²) in [5, 5.41) is 1.72. The van der Waals surface area contributed by atoms with Crippen molar-refractivity contribution in [3.05, 3.63) is 29.8 Å². The van der Waals surface area contributed by atoms with Gasteiger partial charge in [-0.3, -0.25) is 0 Å². The molecule has 1 aromatic carbocycles. The average molecular weight is 306 g/mol. The van der Waals surface area contributed by atoms with Gasteiger partial charge in [-0.05, 0) is 24.4 Å². The SMILES string of the molecule is CC1(C)OC(=O)OC1c1ccc([Si](C)(C)C(C)(C)C)cc1. The van der Waals surface area contributed by atoms with Crippen molar-refractivity contribution in [1.82, 2.24) is 0 Å². The van der Waals surface area contributed by atoms with E-state index in [1.54, 1.807) is 0 Å². The number of hydrogen-bond donors (Lipinski definition) is 0. The van der Waals surface area contributed by atoms with Gasteiger partial charge in [0, 0.05) is 0 Å². The standard InChI is InChI=1S/C17H26O3Si/c1-16(2,3)21(6,7)13-10-8-12(9-11-13)14-17(4,5)20-15(18)19-14/h8-11,14H,1-7H3. The summed E-state index contributed by atoms with van der Waals surface area (Å²) in [6.45, 7) is 15.5. The van der Waals surface area contributed by atoms with Crippen LogP contribution in [0.4, 0.5) is 4.79 Å². The van der Waals surface area contributed by atoms with E-state index in [0.29, 0.717) is 5.04 Å². The van der Waals surface area contributed by atoms with Crippen LogP contribution in [0.25, 0.3) is 0 Å². The van der Waals surface area contributed by atoms with Crippen LogP contribution < -0.4 is 5.19 Å². The maximum Gasteiger partial charge on any atom is 0.509 e. The number of cyclic esters (lactones) is 2. The molecule has 1 fully saturated rings. The smallest absolute Gasteiger partial charge is 0.424 e. The van der Waals surface area contributed by atoms with Gasteiger partial charge in [-0.15, -0.1) is 0 Å². The first kappa shape index (κ1) is 16.1. The van der Waals surface area contributed by atoms with E-state index in [1.165, 1.54) is 5.19 Å². The van der Waals surface area contributed by atoms with E-state index < -0.39 is 19.8 Å². The molecule has 0 amide bonds. The number of ether oxygens (including phenoxy) is 2. The maximum atomic E-state index is 11.4. The first-order valence-corrected chi connectivity index (χ1v) is 10.5. The molecule has 3 nitrogen and oxygen atoms in total. The lowest BCUT2D eigenvalue weighted by atomic mass is 9.95. The van der Waals surface area contributed by atoms with Gasteiger partial charge in [0.2, 0.25) is 0 Å². The number of hydrogen-bond acceptors (Lipinski definition) is 3. The molecule has 116 valence electrons. The van der Waals surface area contributed by atoms with E-state index in [1.807, 2.05) is 13.8 Å². The Bertz CT molecular complexity index is 538. The predicted octanol–water partition coefficient (Wildman–Crippen LogP) is 4.39. The molecule has 21 heavy (non-hydrogen) atoms. The van der Waals surface area contributed by atoms with Gasteiger partial charge in [0.25, 0.3) is 0 Å². The molecule has 1 saturated heterocycles. The normalized spacial score (nSPS) is 21.9. The van der Waals surface area contributed by atoms with E-state index in [9.17, 15) is 4.79 Å². The molecule has 0 spiro atoms. The first-order valence-electron chi connectivity index (χ1n) is 7.45. The number of rotatable bonds is 2. The lowest BCUT2D eigenvalue weighted by molar-refractivity contribution is 0.0642. The summed E-state index contributed by atoms with van der Waals surface area (Å²) in [7, 11) is -1.53. The summed E-state index contributed by atoms with van der Waals surface area (Å²) >= 11 is 0. The third kappa shape index (κ3) is 2.86. The Hall–Kier alpha value is -1.29. The molecule has 1 aliphatic heterocycles. The minimum Gasteiger partial charge on any atom is -0.424 e. The summed E-state index contributed by atoms with van der Waals surface area (Å²) in [5.41, 5.74) is 0.378. The lowest BCUT2D eigenvalue weighted by Gasteiger charge is -2.37. The highest BCUT2D eigenvalue weighted by atomic mass is 28.3. The molecule has 0 radical (unpaired) electrons. The second-order valence-corrected chi connectivity index (χ2v) is 13.3. The minimum absolute atomic E-state index is 0.302. The van der Waals surface area contributed by atoms with Crippen molar-refractivity contribution < 1.29 is 14.3 Å². The first-order chi connectivity index (χ1) is 9.45. The average Bonchev–Trinajstić information content (AvgIpc) is 2.61. The zero-order chi connectivity index (χ0) is 16.1. The Morgan fingerprint density at radius 2 is 1.62 bits per heavy atom. The van der Waals surface area contributed by atoms with Crippen LogP contribution in [0.3, 0.4) is 0 Å². The molecule has 4 heteroatoms. The largest absolute Gasteiger partial charge is 0.509 e. The van der Waals surface area contributed by atoms with Gasteiger partial charge in [-0.25, -0.2) is 4.79 Å². The Labute approximate surface area is 128 Å². The van der Waals surface area contributed by atoms with Crippen LogP contribution >= 0.6 is 0 Å². The summed E-state index contributed by atoms with van der Waals surface area (Å²) in [4.78, 5) is 11.4. The molecular weight excluding hydrogens is 280 g/mol. The fourth-order valence-electron chi connectivity index (χ4n) is 2.51. The third-order valence-corrected chi connectivity index (χ3v) is 10.5. The number of carbonyl (C=O) groups excluding carboxylic acids is 1. The van der Waals surface area contributed by atoms with Crippen molar-refractivity contribution in [2.75, 3.05) is 0 Å². The van der Waals surface area contributed by atoms with Crippen LogP contribution in [-0.2, 0) is 9.47 Å². The molecule has 1 heterocycles. The predicted molar refractivity (Wildman–Crippen MR) is 87.7 cm³/mol. The van der Waals surface area contributed by atoms with Gasteiger partial charge < -0.3 is 9.47 Å². The summed E-state index contributed by atoms with van der Waals surface area (Å²) < 4.78 is 10.5. The van der Waals surface area contributed by atoms with Crippen molar-refractivity contribution in [2.45, 2.75) is 64.5 Å². The van der Waals surface area contributed by atoms with Gasteiger partial charge in [-0.2, -0.15) is 0 Å². The highest BCUT2D eigenvalue weighted by Gasteiger charge is 2.45. The van der Waals surface area contributed by atoms with E-state index in [0.717, 1.165) is 5.56 Å². The van der Waals surface area contributed by atoms with E-state index >= 15 is 0 Å². The summed E-state index contributed by atoms with van der Waals surface area (Å²) in [5.74, 6) is 0. The zero-order valence-corrected chi connectivity index (χ0v) is 15.1. The van der Waals surface area contributed by atoms with Gasteiger partial charge in [0.15, 0.2) is 11.7 Å². The molecule has 0 bridgehead atoms. The minimum atomic E-state index is -1.53. The Kier molecular flexibility index (Phi) is 3.73. The molecule has 1 atom stereocenters. The zero-order valence-electron chi connectivity index (χ0n) is 14.1. The molecule has 1 unspecified atom stereocenters. The lowest BCUT2D eigenvalue weighted by Crippen LogP contribution is -2.49. The third-order valence-electron chi connectivity index (χ3n) is 5.00. The molecule has 1 aromatic rings. The van der Waals surface area contributed by atoms with Crippen LogP contribution in [-0.4, -0.2) is 19.8 Å². The van der Waals surface area contributed by atoms with Crippen LogP contribution in [0.15, 0.2) is 24.3 Å². The molecule has 1 aliphatic rings. The maximum absolute atomic E-state index is 11.4. The highest BCUT2D eigenvalue weighted by molar-refractivity contribution is 6.92. The Morgan fingerprint density at radius 3 is 2.00 bits per heavy atom. The van der Waals surface area contributed by atoms with Gasteiger partial charge in [-0.1, -0.05) is 63.3 Å². The second kappa shape index (κ2) is 4.87. The summed E-state index contributed by atoms with van der Waals surface area (Å²) in [6, 6.07) is 8.53. The van der Waals surface area contributed by atoms with Crippen LogP contribution in [0.2, 0.25) is 18.1 Å². The Morgan fingerprint density at radius 1 is 1.10 bits per heavy atom. The Balaban J connectivity index is 2.30. The molecule has 0 aliphatic carbocycles. The van der Waals surface area contributed by atoms with Gasteiger partial charge >= 0.3 is 6.16 Å². The van der Waals surface area contributed by atoms with Crippen molar-refractivity contribution in [3.63, 3.8) is 0 Å². The van der Waals surface area contributed by atoms with E-state index in [4.69, 9.17) is 9.47 Å². The summed E-state index contributed by atoms with van der Waals surface area (Å²) in [6.07, 6.45) is -0.920.